The third kappa shape index (κ3) is 5.54. The van der Waals surface area contributed by atoms with E-state index in [4.69, 9.17) is 23.2 Å². The van der Waals surface area contributed by atoms with Crippen LogP contribution in [0.25, 0.3) is 0 Å². The van der Waals surface area contributed by atoms with Crippen LogP contribution in [0, 0.1) is 6.92 Å². The van der Waals surface area contributed by atoms with Crippen molar-refractivity contribution in [2.45, 2.75) is 23.0 Å². The number of rotatable bonds is 7. The minimum atomic E-state index is -4.20. The van der Waals surface area contributed by atoms with Crippen molar-refractivity contribution in [3.63, 3.8) is 0 Å². The summed E-state index contributed by atoms with van der Waals surface area (Å²) in [5, 5.41) is 4.17. The summed E-state index contributed by atoms with van der Waals surface area (Å²) in [5.74, 6) is -0.361. The Bertz CT molecular complexity index is 1390. The highest BCUT2D eigenvalue weighted by Crippen LogP contribution is 2.36. The standard InChI is InChI=1S/C19H17Cl2N3O5S3/c1-11-5-6-13(22-12(2)25)8-18(11)31(26,27)23-16-9-14(20)15(21)10-17(16)24-32(28,29)19-4-3-7-30-19/h3-10,23-24H,1-2H3,(H,22,25). The molecule has 3 rings (SSSR count). The number of halogens is 2. The lowest BCUT2D eigenvalue weighted by Gasteiger charge is -2.17. The molecule has 0 aliphatic rings. The molecule has 0 bridgehead atoms. The van der Waals surface area contributed by atoms with Gasteiger partial charge in [0.25, 0.3) is 20.0 Å². The molecule has 0 atom stereocenters. The van der Waals surface area contributed by atoms with Crippen LogP contribution in [0.2, 0.25) is 10.0 Å². The van der Waals surface area contributed by atoms with Crippen molar-refractivity contribution < 1.29 is 21.6 Å². The quantitative estimate of drug-likeness (QED) is 0.397. The Kier molecular flexibility index (Phi) is 7.06. The summed E-state index contributed by atoms with van der Waals surface area (Å²) in [5.41, 5.74) is 0.472. The Morgan fingerprint density at radius 3 is 2.03 bits per heavy atom. The fraction of sp³-hybridized carbons (Fsp3) is 0.105. The van der Waals surface area contributed by atoms with Crippen LogP contribution < -0.4 is 14.8 Å². The van der Waals surface area contributed by atoms with E-state index in [1.54, 1.807) is 24.4 Å². The normalized spacial score (nSPS) is 11.8. The molecule has 1 aromatic heterocycles. The van der Waals surface area contributed by atoms with Gasteiger partial charge in [-0.1, -0.05) is 35.3 Å². The topological polar surface area (TPSA) is 121 Å². The molecular formula is C19H17Cl2N3O5S3. The Hall–Kier alpha value is -2.31. The predicted molar refractivity (Wildman–Crippen MR) is 128 cm³/mol. The molecule has 1 amide bonds. The number of nitrogens with one attached hydrogen (secondary N) is 3. The van der Waals surface area contributed by atoms with E-state index in [1.807, 2.05) is 0 Å². The van der Waals surface area contributed by atoms with Gasteiger partial charge in [0, 0.05) is 12.6 Å². The second kappa shape index (κ2) is 9.28. The SMILES string of the molecule is CC(=O)Nc1ccc(C)c(S(=O)(=O)Nc2cc(Cl)c(Cl)cc2NS(=O)(=O)c2cccs2)c1. The smallest absolute Gasteiger partial charge is 0.271 e. The average Bonchev–Trinajstić information content (AvgIpc) is 3.22. The highest BCUT2D eigenvalue weighted by molar-refractivity contribution is 7.94. The van der Waals surface area contributed by atoms with Gasteiger partial charge in [0.15, 0.2) is 0 Å². The highest BCUT2D eigenvalue weighted by Gasteiger charge is 2.23. The number of sulfonamides is 2. The van der Waals surface area contributed by atoms with Crippen LogP contribution >= 0.6 is 34.5 Å². The molecule has 2 aromatic carbocycles. The number of aryl methyl sites for hydroxylation is 1. The monoisotopic (exact) mass is 533 g/mol. The molecule has 0 aliphatic carbocycles. The Balaban J connectivity index is 2.03. The molecular weight excluding hydrogens is 517 g/mol. The minimum absolute atomic E-state index is 0.0205. The maximum absolute atomic E-state index is 13.1. The summed E-state index contributed by atoms with van der Waals surface area (Å²) in [6.07, 6.45) is 0. The molecule has 1 heterocycles. The molecule has 0 spiro atoms. The third-order valence-corrected chi connectivity index (χ3v) is 9.10. The lowest BCUT2D eigenvalue weighted by Crippen LogP contribution is -2.18. The molecule has 0 aliphatic heterocycles. The van der Waals surface area contributed by atoms with Crippen molar-refractivity contribution >= 4 is 77.6 Å². The number of carbonyl (C=O) groups is 1. The number of amides is 1. The molecule has 8 nitrogen and oxygen atoms in total. The van der Waals surface area contributed by atoms with Gasteiger partial charge in [0.1, 0.15) is 4.21 Å². The average molecular weight is 534 g/mol. The van der Waals surface area contributed by atoms with Gasteiger partial charge in [-0.2, -0.15) is 0 Å². The van der Waals surface area contributed by atoms with Crippen LogP contribution in [0.3, 0.4) is 0 Å². The first-order chi connectivity index (χ1) is 14.9. The van der Waals surface area contributed by atoms with Crippen LogP contribution in [-0.4, -0.2) is 22.7 Å². The summed E-state index contributed by atoms with van der Waals surface area (Å²) in [6.45, 7) is 2.88. The zero-order valence-corrected chi connectivity index (χ0v) is 20.6. The van der Waals surface area contributed by atoms with Gasteiger partial charge < -0.3 is 5.32 Å². The number of anilines is 3. The van der Waals surface area contributed by atoms with Crippen molar-refractivity contribution in [1.82, 2.24) is 0 Å². The van der Waals surface area contributed by atoms with Gasteiger partial charge in [-0.15, -0.1) is 11.3 Å². The molecule has 0 saturated carbocycles. The van der Waals surface area contributed by atoms with Crippen molar-refractivity contribution in [1.29, 1.82) is 0 Å². The Morgan fingerprint density at radius 1 is 0.906 bits per heavy atom. The van der Waals surface area contributed by atoms with Gasteiger partial charge >= 0.3 is 0 Å². The Labute approximate surface area is 199 Å². The van der Waals surface area contributed by atoms with Crippen LogP contribution in [0.5, 0.6) is 0 Å². The lowest BCUT2D eigenvalue weighted by atomic mass is 10.2. The van der Waals surface area contributed by atoms with Crippen LogP contribution in [0.1, 0.15) is 12.5 Å². The minimum Gasteiger partial charge on any atom is -0.326 e. The molecule has 3 aromatic rings. The maximum atomic E-state index is 13.1. The summed E-state index contributed by atoms with van der Waals surface area (Å²) >= 11 is 13.1. The summed E-state index contributed by atoms with van der Waals surface area (Å²) in [7, 11) is -8.19. The van der Waals surface area contributed by atoms with Crippen molar-refractivity contribution in [2.75, 3.05) is 14.8 Å². The number of hydrogen-bond donors (Lipinski definition) is 3. The molecule has 0 saturated heterocycles. The second-order valence-corrected chi connectivity index (χ2v) is 11.9. The van der Waals surface area contributed by atoms with Gasteiger partial charge in [-0.3, -0.25) is 14.2 Å². The molecule has 13 heteroatoms. The first kappa shape index (κ1) is 24.3. The summed E-state index contributed by atoms with van der Waals surface area (Å²) < 4.78 is 56.3. The van der Waals surface area contributed by atoms with Gasteiger partial charge in [0.2, 0.25) is 5.91 Å². The van der Waals surface area contributed by atoms with Crippen LogP contribution in [-0.2, 0) is 24.8 Å². The van der Waals surface area contributed by atoms with E-state index in [0.29, 0.717) is 5.56 Å². The molecule has 170 valence electrons. The Morgan fingerprint density at radius 2 is 1.50 bits per heavy atom. The number of carbonyl (C=O) groups excluding carboxylic acids is 1. The van der Waals surface area contributed by atoms with Gasteiger partial charge in [0.05, 0.1) is 26.3 Å². The fourth-order valence-corrected chi connectivity index (χ4v) is 6.43. The molecule has 0 radical (unpaired) electrons. The first-order valence-corrected chi connectivity index (χ1v) is 13.5. The molecule has 0 fully saturated rings. The van der Waals surface area contributed by atoms with E-state index in [-0.39, 0.29) is 42.1 Å². The van der Waals surface area contributed by atoms with Crippen molar-refractivity contribution in [2.24, 2.45) is 0 Å². The first-order valence-electron chi connectivity index (χ1n) is 8.85. The van der Waals surface area contributed by atoms with E-state index < -0.39 is 20.0 Å². The van der Waals surface area contributed by atoms with E-state index >= 15 is 0 Å². The number of thiophene rings is 1. The number of hydrogen-bond acceptors (Lipinski definition) is 6. The highest BCUT2D eigenvalue weighted by atomic mass is 35.5. The van der Waals surface area contributed by atoms with Crippen LogP contribution in [0.15, 0.2) is 56.9 Å². The van der Waals surface area contributed by atoms with Crippen molar-refractivity contribution in [3.8, 4) is 0 Å². The maximum Gasteiger partial charge on any atom is 0.271 e. The molecule has 3 N–H and O–H groups in total. The van der Waals surface area contributed by atoms with Crippen molar-refractivity contribution in [3.05, 3.63) is 63.5 Å². The zero-order valence-electron chi connectivity index (χ0n) is 16.6. The van der Waals surface area contributed by atoms with E-state index in [9.17, 15) is 21.6 Å². The second-order valence-electron chi connectivity index (χ2n) is 6.62. The summed E-state index contributed by atoms with van der Waals surface area (Å²) in [6, 6.07) is 9.80. The van der Waals surface area contributed by atoms with Crippen LogP contribution in [0.4, 0.5) is 17.1 Å². The fourth-order valence-electron chi connectivity index (χ4n) is 2.70. The molecule has 32 heavy (non-hydrogen) atoms. The molecule has 0 unspecified atom stereocenters. The van der Waals surface area contributed by atoms with E-state index in [2.05, 4.69) is 14.8 Å². The third-order valence-electron chi connectivity index (χ3n) is 4.11. The zero-order chi connectivity index (χ0) is 23.7. The summed E-state index contributed by atoms with van der Waals surface area (Å²) in [4.78, 5) is 11.2. The van der Waals surface area contributed by atoms with E-state index in [0.717, 1.165) is 11.3 Å². The lowest BCUT2D eigenvalue weighted by molar-refractivity contribution is -0.114. The largest absolute Gasteiger partial charge is 0.326 e. The van der Waals surface area contributed by atoms with Gasteiger partial charge in [-0.25, -0.2) is 16.8 Å². The van der Waals surface area contributed by atoms with Gasteiger partial charge in [-0.05, 0) is 48.2 Å². The number of benzene rings is 2. The van der Waals surface area contributed by atoms with E-state index in [1.165, 1.54) is 37.3 Å². The predicted octanol–water partition coefficient (Wildman–Crippen LogP) is 4.92.